The van der Waals surface area contributed by atoms with E-state index in [1.54, 1.807) is 37.3 Å². The van der Waals surface area contributed by atoms with Crippen LogP contribution in [0.25, 0.3) is 6.08 Å². The maximum Gasteiger partial charge on any atom is 0.338 e. The number of carbonyl (C=O) groups is 3. The lowest BCUT2D eigenvalue weighted by Gasteiger charge is -2.12. The summed E-state index contributed by atoms with van der Waals surface area (Å²) in [5, 5.41) is 16.4. The molecule has 0 aliphatic heterocycles. The van der Waals surface area contributed by atoms with E-state index in [1.807, 2.05) is 0 Å². The van der Waals surface area contributed by atoms with Gasteiger partial charge in [0.05, 0.1) is 27.7 Å². The number of esters is 1. The standard InChI is InChI=1S/C25H20ClN3O6/c1-2-35-25(32)17-8-6-9-18(15-17)27-24(31)22(14-16-7-5-10-19(13-16)29(33)34)28-23(30)20-11-3-4-12-21(20)26/h3-15H,2H2,1H3,(H,27,31)(H,28,30)/b22-14-. The van der Waals surface area contributed by atoms with E-state index in [-0.39, 0.29) is 39.8 Å². The molecule has 0 unspecified atom stereocenters. The maximum absolute atomic E-state index is 13.1. The zero-order valence-electron chi connectivity index (χ0n) is 18.5. The molecule has 35 heavy (non-hydrogen) atoms. The van der Waals surface area contributed by atoms with E-state index in [0.29, 0.717) is 5.56 Å². The molecule has 0 saturated heterocycles. The zero-order chi connectivity index (χ0) is 25.4. The Kier molecular flexibility index (Phi) is 8.31. The first-order chi connectivity index (χ1) is 16.8. The first kappa shape index (κ1) is 25.1. The van der Waals surface area contributed by atoms with Crippen molar-refractivity contribution < 1.29 is 24.0 Å². The van der Waals surface area contributed by atoms with Crippen molar-refractivity contribution in [3.8, 4) is 0 Å². The minimum atomic E-state index is -0.724. The van der Waals surface area contributed by atoms with Crippen molar-refractivity contribution in [1.29, 1.82) is 0 Å². The number of hydrogen-bond acceptors (Lipinski definition) is 6. The number of benzene rings is 3. The third kappa shape index (κ3) is 6.75. The third-order valence-corrected chi connectivity index (χ3v) is 4.96. The number of anilines is 1. The van der Waals surface area contributed by atoms with Gasteiger partial charge in [0, 0.05) is 17.8 Å². The van der Waals surface area contributed by atoms with Gasteiger partial charge in [0.2, 0.25) is 0 Å². The Bertz CT molecular complexity index is 1320. The highest BCUT2D eigenvalue weighted by Crippen LogP contribution is 2.19. The van der Waals surface area contributed by atoms with E-state index in [1.165, 1.54) is 48.5 Å². The quantitative estimate of drug-likeness (QED) is 0.200. The number of non-ortho nitro benzene ring substituents is 1. The Labute approximate surface area is 205 Å². The smallest absolute Gasteiger partial charge is 0.338 e. The molecular formula is C25H20ClN3O6. The zero-order valence-corrected chi connectivity index (χ0v) is 19.2. The van der Waals surface area contributed by atoms with Crippen LogP contribution in [-0.2, 0) is 9.53 Å². The van der Waals surface area contributed by atoms with Gasteiger partial charge in [0.1, 0.15) is 5.70 Å². The lowest BCUT2D eigenvalue weighted by Crippen LogP contribution is -2.31. The molecule has 0 heterocycles. The topological polar surface area (TPSA) is 128 Å². The highest BCUT2D eigenvalue weighted by atomic mass is 35.5. The summed E-state index contributed by atoms with van der Waals surface area (Å²) >= 11 is 6.10. The van der Waals surface area contributed by atoms with E-state index in [4.69, 9.17) is 16.3 Å². The summed E-state index contributed by atoms with van der Waals surface area (Å²) in [6.45, 7) is 1.87. The van der Waals surface area contributed by atoms with Crippen molar-refractivity contribution >= 4 is 46.8 Å². The first-order valence-electron chi connectivity index (χ1n) is 10.4. The number of nitrogens with one attached hydrogen (secondary N) is 2. The van der Waals surface area contributed by atoms with Gasteiger partial charge < -0.3 is 15.4 Å². The number of halogens is 1. The van der Waals surface area contributed by atoms with E-state index < -0.39 is 22.7 Å². The number of nitro benzene ring substituents is 1. The summed E-state index contributed by atoms with van der Waals surface area (Å²) in [6.07, 6.45) is 1.30. The third-order valence-electron chi connectivity index (χ3n) is 4.63. The molecule has 0 spiro atoms. The molecule has 178 valence electrons. The van der Waals surface area contributed by atoms with Crippen LogP contribution in [0.1, 0.15) is 33.2 Å². The fourth-order valence-electron chi connectivity index (χ4n) is 3.02. The molecule has 0 bridgehead atoms. The van der Waals surface area contributed by atoms with Crippen LogP contribution >= 0.6 is 11.6 Å². The number of amides is 2. The second-order valence-corrected chi connectivity index (χ2v) is 7.51. The highest BCUT2D eigenvalue weighted by Gasteiger charge is 2.18. The van der Waals surface area contributed by atoms with Gasteiger partial charge in [-0.3, -0.25) is 19.7 Å². The van der Waals surface area contributed by atoms with Gasteiger partial charge in [0.15, 0.2) is 0 Å². The minimum absolute atomic E-state index is 0.135. The average molecular weight is 494 g/mol. The molecule has 3 aromatic carbocycles. The lowest BCUT2D eigenvalue weighted by molar-refractivity contribution is -0.384. The molecule has 0 atom stereocenters. The molecule has 0 aliphatic carbocycles. The Hall–Kier alpha value is -4.50. The monoisotopic (exact) mass is 493 g/mol. The van der Waals surface area contributed by atoms with Gasteiger partial charge in [-0.2, -0.15) is 0 Å². The number of ether oxygens (including phenoxy) is 1. The summed E-state index contributed by atoms with van der Waals surface area (Å²) in [5.41, 5.74) is 0.571. The highest BCUT2D eigenvalue weighted by molar-refractivity contribution is 6.34. The first-order valence-corrected chi connectivity index (χ1v) is 10.8. The molecule has 3 rings (SSSR count). The predicted octanol–water partition coefficient (Wildman–Crippen LogP) is 4.83. The minimum Gasteiger partial charge on any atom is -0.462 e. The predicted molar refractivity (Wildman–Crippen MR) is 131 cm³/mol. The van der Waals surface area contributed by atoms with E-state index >= 15 is 0 Å². The Morgan fingerprint density at radius 1 is 1.03 bits per heavy atom. The van der Waals surface area contributed by atoms with Crippen LogP contribution in [0, 0.1) is 10.1 Å². The van der Waals surface area contributed by atoms with Crippen LogP contribution in [0.5, 0.6) is 0 Å². The molecule has 2 amide bonds. The second-order valence-electron chi connectivity index (χ2n) is 7.10. The van der Waals surface area contributed by atoms with Crippen molar-refractivity contribution in [2.75, 3.05) is 11.9 Å². The fourth-order valence-corrected chi connectivity index (χ4v) is 3.25. The number of nitrogens with zero attached hydrogens (tertiary/aromatic N) is 1. The molecule has 0 radical (unpaired) electrons. The van der Waals surface area contributed by atoms with Gasteiger partial charge in [-0.15, -0.1) is 0 Å². The largest absolute Gasteiger partial charge is 0.462 e. The van der Waals surface area contributed by atoms with Crippen molar-refractivity contribution in [3.63, 3.8) is 0 Å². The molecule has 2 N–H and O–H groups in total. The van der Waals surface area contributed by atoms with Crippen LogP contribution in [0.2, 0.25) is 5.02 Å². The molecule has 0 fully saturated rings. The summed E-state index contributed by atoms with van der Waals surface area (Å²) in [4.78, 5) is 48.5. The van der Waals surface area contributed by atoms with E-state index in [0.717, 1.165) is 0 Å². The van der Waals surface area contributed by atoms with Crippen molar-refractivity contribution in [1.82, 2.24) is 5.32 Å². The van der Waals surface area contributed by atoms with Crippen LogP contribution in [0.3, 0.4) is 0 Å². The van der Waals surface area contributed by atoms with Gasteiger partial charge >= 0.3 is 5.97 Å². The van der Waals surface area contributed by atoms with Gasteiger partial charge in [-0.25, -0.2) is 4.79 Å². The number of rotatable bonds is 8. The number of hydrogen-bond donors (Lipinski definition) is 2. The summed E-state index contributed by atoms with van der Waals surface area (Å²) < 4.78 is 4.97. The van der Waals surface area contributed by atoms with Crippen LogP contribution < -0.4 is 10.6 Å². The summed E-state index contributed by atoms with van der Waals surface area (Å²) in [5.74, 6) is -1.93. The van der Waals surface area contributed by atoms with Gasteiger partial charge in [0.25, 0.3) is 17.5 Å². The molecule has 9 nitrogen and oxygen atoms in total. The summed E-state index contributed by atoms with van der Waals surface area (Å²) in [6, 6.07) is 17.9. The second kappa shape index (κ2) is 11.6. The van der Waals surface area contributed by atoms with Crippen molar-refractivity contribution in [3.05, 3.63) is 110 Å². The Morgan fingerprint density at radius 3 is 2.49 bits per heavy atom. The average Bonchev–Trinajstić information content (AvgIpc) is 2.84. The van der Waals surface area contributed by atoms with Crippen LogP contribution in [0.15, 0.2) is 78.5 Å². The molecule has 0 saturated carbocycles. The normalized spacial score (nSPS) is 10.9. The van der Waals surface area contributed by atoms with Gasteiger partial charge in [-0.1, -0.05) is 41.9 Å². The van der Waals surface area contributed by atoms with Crippen LogP contribution in [-0.4, -0.2) is 29.3 Å². The Morgan fingerprint density at radius 2 is 1.77 bits per heavy atom. The van der Waals surface area contributed by atoms with Gasteiger partial charge in [-0.05, 0) is 48.9 Å². The Balaban J connectivity index is 1.94. The molecular weight excluding hydrogens is 474 g/mol. The molecule has 0 aromatic heterocycles. The van der Waals surface area contributed by atoms with Crippen molar-refractivity contribution in [2.45, 2.75) is 6.92 Å². The van der Waals surface area contributed by atoms with Crippen LogP contribution in [0.4, 0.5) is 11.4 Å². The van der Waals surface area contributed by atoms with Crippen molar-refractivity contribution in [2.24, 2.45) is 0 Å². The molecule has 0 aliphatic rings. The number of nitro groups is 1. The maximum atomic E-state index is 13.1. The summed E-state index contributed by atoms with van der Waals surface area (Å²) in [7, 11) is 0. The van der Waals surface area contributed by atoms with E-state index in [9.17, 15) is 24.5 Å². The SMILES string of the molecule is CCOC(=O)c1cccc(NC(=O)/C(=C/c2cccc([N+](=O)[O-])c2)NC(=O)c2ccccc2Cl)c1. The molecule has 3 aromatic rings. The number of carbonyl (C=O) groups excluding carboxylic acids is 3. The fraction of sp³-hybridized carbons (Fsp3) is 0.0800. The molecule has 10 heteroatoms. The van der Waals surface area contributed by atoms with E-state index in [2.05, 4.69) is 10.6 Å². The lowest BCUT2D eigenvalue weighted by atomic mass is 10.1.